The highest BCUT2D eigenvalue weighted by Gasteiger charge is 2.28. The quantitative estimate of drug-likeness (QED) is 0.723. The second-order valence-electron chi connectivity index (χ2n) is 5.21. The standard InChI is InChI=1S/C15H21FN2O2.ClH/c16-12-3-1-4-13(9-12)20-8-2-5-15(19)18-10-14(17)11-6-7-11;/h1,3-4,9,11,14H,2,5-8,10,17H2,(H,18,19);1H. The van der Waals surface area contributed by atoms with E-state index in [-0.39, 0.29) is 30.2 Å². The number of benzene rings is 1. The summed E-state index contributed by atoms with van der Waals surface area (Å²) in [6.45, 7) is 0.944. The molecule has 1 unspecified atom stereocenters. The Morgan fingerprint density at radius 1 is 1.48 bits per heavy atom. The molecule has 0 radical (unpaired) electrons. The van der Waals surface area contributed by atoms with Crippen LogP contribution in [0.2, 0.25) is 0 Å². The Morgan fingerprint density at radius 2 is 2.24 bits per heavy atom. The molecule has 1 aliphatic rings. The number of hydrogen-bond acceptors (Lipinski definition) is 3. The molecule has 2 rings (SSSR count). The van der Waals surface area contributed by atoms with Crippen LogP contribution in [0, 0.1) is 11.7 Å². The molecule has 1 fully saturated rings. The normalized spacial score (nSPS) is 15.0. The van der Waals surface area contributed by atoms with Gasteiger partial charge in [0.2, 0.25) is 5.91 Å². The maximum atomic E-state index is 12.9. The number of amides is 1. The molecule has 0 heterocycles. The summed E-state index contributed by atoms with van der Waals surface area (Å²) in [7, 11) is 0. The maximum Gasteiger partial charge on any atom is 0.220 e. The Labute approximate surface area is 130 Å². The summed E-state index contributed by atoms with van der Waals surface area (Å²) >= 11 is 0. The van der Waals surface area contributed by atoms with Crippen LogP contribution in [0.5, 0.6) is 5.75 Å². The lowest BCUT2D eigenvalue weighted by Gasteiger charge is -2.11. The van der Waals surface area contributed by atoms with Crippen LogP contribution in [-0.4, -0.2) is 25.1 Å². The van der Waals surface area contributed by atoms with Crippen molar-refractivity contribution >= 4 is 18.3 Å². The molecule has 1 atom stereocenters. The monoisotopic (exact) mass is 316 g/mol. The van der Waals surface area contributed by atoms with Gasteiger partial charge in [0.15, 0.2) is 0 Å². The van der Waals surface area contributed by atoms with E-state index in [4.69, 9.17) is 10.5 Å². The molecular formula is C15H22ClFN2O2. The SMILES string of the molecule is Cl.NC(CNC(=O)CCCOc1cccc(F)c1)C1CC1. The zero-order chi connectivity index (χ0) is 14.4. The molecule has 0 saturated heterocycles. The van der Waals surface area contributed by atoms with Crippen LogP contribution >= 0.6 is 12.4 Å². The molecule has 0 aliphatic heterocycles. The average molecular weight is 317 g/mol. The molecule has 118 valence electrons. The molecule has 0 aromatic heterocycles. The summed E-state index contributed by atoms with van der Waals surface area (Å²) in [5.74, 6) is 0.742. The molecule has 1 saturated carbocycles. The molecule has 1 aromatic rings. The van der Waals surface area contributed by atoms with Gasteiger partial charge in [0, 0.05) is 25.1 Å². The van der Waals surface area contributed by atoms with Gasteiger partial charge in [-0.15, -0.1) is 12.4 Å². The summed E-state index contributed by atoms with van der Waals surface area (Å²) in [6, 6.07) is 6.06. The van der Waals surface area contributed by atoms with Crippen LogP contribution < -0.4 is 15.8 Å². The molecule has 6 heteroatoms. The van der Waals surface area contributed by atoms with Crippen molar-refractivity contribution in [1.82, 2.24) is 5.32 Å². The number of hydrogen-bond donors (Lipinski definition) is 2. The first-order valence-electron chi connectivity index (χ1n) is 7.06. The van der Waals surface area contributed by atoms with Crippen molar-refractivity contribution in [2.45, 2.75) is 31.7 Å². The van der Waals surface area contributed by atoms with Gasteiger partial charge < -0.3 is 15.8 Å². The van der Waals surface area contributed by atoms with Gasteiger partial charge in [0.05, 0.1) is 6.61 Å². The van der Waals surface area contributed by atoms with Gasteiger partial charge in [-0.25, -0.2) is 4.39 Å². The highest BCUT2D eigenvalue weighted by atomic mass is 35.5. The van der Waals surface area contributed by atoms with E-state index in [0.29, 0.717) is 37.7 Å². The molecule has 1 aromatic carbocycles. The van der Waals surface area contributed by atoms with E-state index in [1.165, 1.54) is 25.0 Å². The van der Waals surface area contributed by atoms with Crippen LogP contribution in [0.25, 0.3) is 0 Å². The number of halogens is 2. The van der Waals surface area contributed by atoms with Crippen LogP contribution in [-0.2, 0) is 4.79 Å². The van der Waals surface area contributed by atoms with Crippen molar-refractivity contribution in [1.29, 1.82) is 0 Å². The summed E-state index contributed by atoms with van der Waals surface area (Å²) < 4.78 is 18.3. The number of rotatable bonds is 8. The minimum Gasteiger partial charge on any atom is -0.493 e. The van der Waals surface area contributed by atoms with E-state index in [1.54, 1.807) is 12.1 Å². The van der Waals surface area contributed by atoms with Gasteiger partial charge in [0.1, 0.15) is 11.6 Å². The van der Waals surface area contributed by atoms with Crippen molar-refractivity contribution in [3.63, 3.8) is 0 Å². The molecule has 1 aliphatic carbocycles. The van der Waals surface area contributed by atoms with Crippen molar-refractivity contribution < 1.29 is 13.9 Å². The van der Waals surface area contributed by atoms with Crippen LogP contribution in [0.15, 0.2) is 24.3 Å². The lowest BCUT2D eigenvalue weighted by Crippen LogP contribution is -2.38. The first-order chi connectivity index (χ1) is 9.65. The van der Waals surface area contributed by atoms with E-state index in [9.17, 15) is 9.18 Å². The summed E-state index contributed by atoms with van der Waals surface area (Å²) in [5.41, 5.74) is 5.90. The third kappa shape index (κ3) is 6.78. The fraction of sp³-hybridized carbons (Fsp3) is 0.533. The predicted molar refractivity (Wildman–Crippen MR) is 82.1 cm³/mol. The lowest BCUT2D eigenvalue weighted by atomic mass is 10.2. The number of nitrogens with two attached hydrogens (primary N) is 1. The van der Waals surface area contributed by atoms with Gasteiger partial charge in [-0.05, 0) is 37.3 Å². The molecule has 3 N–H and O–H groups in total. The van der Waals surface area contributed by atoms with Crippen LogP contribution in [0.4, 0.5) is 4.39 Å². The smallest absolute Gasteiger partial charge is 0.220 e. The second kappa shape index (κ2) is 8.85. The van der Waals surface area contributed by atoms with Crippen molar-refractivity contribution in [2.75, 3.05) is 13.2 Å². The third-order valence-corrected chi connectivity index (χ3v) is 3.38. The van der Waals surface area contributed by atoms with Crippen molar-refractivity contribution in [3.8, 4) is 5.75 Å². The van der Waals surface area contributed by atoms with E-state index in [0.717, 1.165) is 0 Å². The topological polar surface area (TPSA) is 64.3 Å². The highest BCUT2D eigenvalue weighted by molar-refractivity contribution is 5.85. The van der Waals surface area contributed by atoms with E-state index in [2.05, 4.69) is 5.32 Å². The number of nitrogens with one attached hydrogen (secondary N) is 1. The fourth-order valence-corrected chi connectivity index (χ4v) is 1.99. The zero-order valence-corrected chi connectivity index (χ0v) is 12.7. The predicted octanol–water partition coefficient (Wildman–Crippen LogP) is 2.26. The number of carbonyl (C=O) groups excluding carboxylic acids is 1. The third-order valence-electron chi connectivity index (χ3n) is 3.38. The second-order valence-corrected chi connectivity index (χ2v) is 5.21. The van der Waals surface area contributed by atoms with Gasteiger partial charge in [0.25, 0.3) is 0 Å². The molecule has 21 heavy (non-hydrogen) atoms. The molecule has 4 nitrogen and oxygen atoms in total. The summed E-state index contributed by atoms with van der Waals surface area (Å²) in [5, 5.41) is 2.83. The van der Waals surface area contributed by atoms with E-state index >= 15 is 0 Å². The lowest BCUT2D eigenvalue weighted by molar-refractivity contribution is -0.121. The maximum absolute atomic E-state index is 12.9. The van der Waals surface area contributed by atoms with E-state index < -0.39 is 0 Å². The molecule has 1 amide bonds. The molecule has 0 spiro atoms. The highest BCUT2D eigenvalue weighted by Crippen LogP contribution is 2.31. The Balaban J connectivity index is 0.00000220. The van der Waals surface area contributed by atoms with Gasteiger partial charge in [-0.2, -0.15) is 0 Å². The Kier molecular flexibility index (Phi) is 7.47. The fourth-order valence-electron chi connectivity index (χ4n) is 1.99. The summed E-state index contributed by atoms with van der Waals surface area (Å²) in [6.07, 6.45) is 3.35. The van der Waals surface area contributed by atoms with Crippen LogP contribution in [0.3, 0.4) is 0 Å². The largest absolute Gasteiger partial charge is 0.493 e. The van der Waals surface area contributed by atoms with Crippen molar-refractivity contribution in [3.05, 3.63) is 30.1 Å². The van der Waals surface area contributed by atoms with Gasteiger partial charge in [-0.1, -0.05) is 6.07 Å². The minimum atomic E-state index is -0.325. The number of carbonyl (C=O) groups is 1. The van der Waals surface area contributed by atoms with Crippen molar-refractivity contribution in [2.24, 2.45) is 11.7 Å². The first-order valence-corrected chi connectivity index (χ1v) is 7.06. The van der Waals surface area contributed by atoms with Crippen LogP contribution in [0.1, 0.15) is 25.7 Å². The number of ether oxygens (including phenoxy) is 1. The molecule has 0 bridgehead atoms. The molecular weight excluding hydrogens is 295 g/mol. The van der Waals surface area contributed by atoms with E-state index in [1.807, 2.05) is 0 Å². The summed E-state index contributed by atoms with van der Waals surface area (Å²) in [4.78, 5) is 11.6. The Morgan fingerprint density at radius 3 is 2.90 bits per heavy atom. The zero-order valence-electron chi connectivity index (χ0n) is 11.9. The van der Waals surface area contributed by atoms with Gasteiger partial charge in [-0.3, -0.25) is 4.79 Å². The first kappa shape index (κ1) is 17.7. The Bertz CT molecular complexity index is 455. The Hall–Kier alpha value is -1.33. The minimum absolute atomic E-state index is 0. The average Bonchev–Trinajstić information content (AvgIpc) is 3.25. The van der Waals surface area contributed by atoms with Gasteiger partial charge >= 0.3 is 0 Å².